The molecule has 0 saturated carbocycles. The van der Waals surface area contributed by atoms with Gasteiger partial charge in [-0.25, -0.2) is 9.97 Å². The summed E-state index contributed by atoms with van der Waals surface area (Å²) in [6.07, 6.45) is 0. The Morgan fingerprint density at radius 1 is 1.00 bits per heavy atom. The molecule has 160 valence electrons. The van der Waals surface area contributed by atoms with Gasteiger partial charge < -0.3 is 0 Å². The molecule has 32 heavy (non-hydrogen) atoms. The normalized spacial score (nSPS) is 11.5. The molecular formula is C24H20N4O2S2. The van der Waals surface area contributed by atoms with Crippen LogP contribution in [0.15, 0.2) is 68.7 Å². The number of thiazole rings is 1. The first kappa shape index (κ1) is 20.7. The summed E-state index contributed by atoms with van der Waals surface area (Å²) in [5.74, 6) is 0.429. The number of hydrogen-bond donors (Lipinski definition) is 0. The van der Waals surface area contributed by atoms with Gasteiger partial charge in [-0.2, -0.15) is 0 Å². The summed E-state index contributed by atoms with van der Waals surface area (Å²) < 4.78 is 3.29. The smallest absolute Gasteiger partial charge is 0.266 e. The Morgan fingerprint density at radius 2 is 1.81 bits per heavy atom. The molecule has 0 aliphatic rings. The number of benzene rings is 2. The molecular weight excluding hydrogens is 440 g/mol. The third-order valence-corrected chi connectivity index (χ3v) is 7.46. The Kier molecular flexibility index (Phi) is 5.19. The average Bonchev–Trinajstić information content (AvgIpc) is 3.16. The Balaban J connectivity index is 1.64. The highest BCUT2D eigenvalue weighted by molar-refractivity contribution is 7.98. The summed E-state index contributed by atoms with van der Waals surface area (Å²) in [5, 5.41) is 3.07. The van der Waals surface area contributed by atoms with Crippen LogP contribution in [0.2, 0.25) is 0 Å². The lowest BCUT2D eigenvalue weighted by atomic mass is 10.1. The fourth-order valence-corrected chi connectivity index (χ4v) is 5.50. The predicted octanol–water partition coefficient (Wildman–Crippen LogP) is 4.67. The molecule has 5 rings (SSSR count). The van der Waals surface area contributed by atoms with Gasteiger partial charge >= 0.3 is 0 Å². The van der Waals surface area contributed by atoms with Gasteiger partial charge in [0.15, 0.2) is 10.1 Å². The van der Waals surface area contributed by atoms with Gasteiger partial charge in [0.2, 0.25) is 0 Å². The second kappa shape index (κ2) is 8.03. The van der Waals surface area contributed by atoms with Crippen LogP contribution in [0.3, 0.4) is 0 Å². The Hall–Kier alpha value is -3.23. The average molecular weight is 461 g/mol. The highest BCUT2D eigenvalue weighted by Crippen LogP contribution is 2.26. The fourth-order valence-electron chi connectivity index (χ4n) is 3.71. The summed E-state index contributed by atoms with van der Waals surface area (Å²) in [4.78, 5) is 36.2. The first-order chi connectivity index (χ1) is 15.4. The molecule has 0 fully saturated rings. The van der Waals surface area contributed by atoms with Crippen molar-refractivity contribution < 1.29 is 0 Å². The highest BCUT2D eigenvalue weighted by Gasteiger charge is 2.16. The van der Waals surface area contributed by atoms with E-state index >= 15 is 0 Å². The van der Waals surface area contributed by atoms with E-state index in [2.05, 4.69) is 4.98 Å². The number of fused-ring (bicyclic) bond motifs is 2. The third kappa shape index (κ3) is 3.45. The fraction of sp³-hybridized carbons (Fsp3) is 0.167. The second-order valence-corrected chi connectivity index (χ2v) is 9.42. The number of hydrogen-bond acceptors (Lipinski definition) is 6. The lowest BCUT2D eigenvalue weighted by molar-refractivity contribution is 0.812. The maximum atomic E-state index is 13.5. The number of aromatic nitrogens is 4. The summed E-state index contributed by atoms with van der Waals surface area (Å²) in [6.45, 7) is 5.93. The second-order valence-electron chi connectivity index (χ2n) is 7.64. The predicted molar refractivity (Wildman–Crippen MR) is 130 cm³/mol. The monoisotopic (exact) mass is 460 g/mol. The minimum absolute atomic E-state index is 0.0947. The van der Waals surface area contributed by atoms with E-state index in [0.717, 1.165) is 22.5 Å². The van der Waals surface area contributed by atoms with Crippen LogP contribution in [0, 0.1) is 20.8 Å². The molecule has 0 aliphatic heterocycles. The molecule has 0 N–H and O–H groups in total. The maximum absolute atomic E-state index is 13.5. The first-order valence-corrected chi connectivity index (χ1v) is 12.0. The molecule has 0 saturated heterocycles. The molecule has 0 aliphatic carbocycles. The van der Waals surface area contributed by atoms with Crippen molar-refractivity contribution >= 4 is 39.0 Å². The van der Waals surface area contributed by atoms with Gasteiger partial charge in [0.1, 0.15) is 0 Å². The SMILES string of the molecule is Cc1cccc(-n2c(SCc3cc(=O)n4c(C)csc4n3)nc3ccccc3c2=O)c1C. The lowest BCUT2D eigenvalue weighted by Gasteiger charge is -2.16. The molecule has 6 nitrogen and oxygen atoms in total. The number of aryl methyl sites for hydroxylation is 2. The van der Waals surface area contributed by atoms with Gasteiger partial charge in [0.25, 0.3) is 11.1 Å². The molecule has 8 heteroatoms. The molecule has 0 bridgehead atoms. The third-order valence-electron chi connectivity index (χ3n) is 5.54. The van der Waals surface area contributed by atoms with E-state index in [1.54, 1.807) is 21.1 Å². The van der Waals surface area contributed by atoms with E-state index < -0.39 is 0 Å². The minimum Gasteiger partial charge on any atom is -0.269 e. The van der Waals surface area contributed by atoms with Crippen molar-refractivity contribution in [3.05, 3.63) is 97.1 Å². The van der Waals surface area contributed by atoms with Crippen LogP contribution in [0.5, 0.6) is 0 Å². The molecule has 2 aromatic carbocycles. The Morgan fingerprint density at radius 3 is 2.66 bits per heavy atom. The van der Waals surface area contributed by atoms with Crippen molar-refractivity contribution in [3.63, 3.8) is 0 Å². The van der Waals surface area contributed by atoms with Crippen LogP contribution < -0.4 is 11.1 Å². The van der Waals surface area contributed by atoms with Gasteiger partial charge in [-0.15, -0.1) is 11.3 Å². The number of para-hydroxylation sites is 1. The quantitative estimate of drug-likeness (QED) is 0.288. The van der Waals surface area contributed by atoms with Crippen LogP contribution in [0.4, 0.5) is 0 Å². The summed E-state index contributed by atoms with van der Waals surface area (Å²) in [7, 11) is 0. The van der Waals surface area contributed by atoms with Crippen molar-refractivity contribution in [1.29, 1.82) is 0 Å². The van der Waals surface area contributed by atoms with Gasteiger partial charge in [0, 0.05) is 22.9 Å². The van der Waals surface area contributed by atoms with Crippen molar-refractivity contribution in [2.45, 2.75) is 31.7 Å². The van der Waals surface area contributed by atoms with Crippen molar-refractivity contribution in [3.8, 4) is 5.69 Å². The van der Waals surface area contributed by atoms with Crippen LogP contribution >= 0.6 is 23.1 Å². The molecule has 3 heterocycles. The van der Waals surface area contributed by atoms with E-state index in [1.807, 2.05) is 62.5 Å². The van der Waals surface area contributed by atoms with Gasteiger partial charge in [0.05, 0.1) is 22.3 Å². The lowest BCUT2D eigenvalue weighted by Crippen LogP contribution is -2.22. The van der Waals surface area contributed by atoms with Gasteiger partial charge in [-0.05, 0) is 50.1 Å². The zero-order chi connectivity index (χ0) is 22.4. The van der Waals surface area contributed by atoms with E-state index in [9.17, 15) is 9.59 Å². The standard InChI is InChI=1S/C24H20N4O2S2/c1-14-7-6-10-20(16(14)3)28-22(30)18-8-4-5-9-19(18)26-24(28)32-13-17-11-21(29)27-15(2)12-31-23(27)25-17/h4-12H,13H2,1-3H3. The summed E-state index contributed by atoms with van der Waals surface area (Å²) >= 11 is 2.85. The summed E-state index contributed by atoms with van der Waals surface area (Å²) in [6, 6.07) is 14.8. The number of rotatable bonds is 4. The van der Waals surface area contributed by atoms with E-state index in [1.165, 1.54) is 23.1 Å². The molecule has 0 atom stereocenters. The van der Waals surface area contributed by atoms with Crippen molar-refractivity contribution in [2.75, 3.05) is 0 Å². The van der Waals surface area contributed by atoms with Crippen LogP contribution in [0.25, 0.3) is 21.6 Å². The number of thioether (sulfide) groups is 1. The zero-order valence-electron chi connectivity index (χ0n) is 17.8. The largest absolute Gasteiger partial charge is 0.269 e. The Labute approximate surface area is 192 Å². The number of nitrogens with zero attached hydrogens (tertiary/aromatic N) is 4. The molecule has 3 aromatic heterocycles. The molecule has 0 spiro atoms. The molecule has 0 unspecified atom stereocenters. The van der Waals surface area contributed by atoms with Crippen LogP contribution in [0.1, 0.15) is 22.5 Å². The van der Waals surface area contributed by atoms with E-state index in [4.69, 9.17) is 4.98 Å². The van der Waals surface area contributed by atoms with Crippen molar-refractivity contribution in [2.24, 2.45) is 0 Å². The van der Waals surface area contributed by atoms with Crippen LogP contribution in [-0.2, 0) is 5.75 Å². The topological polar surface area (TPSA) is 69.3 Å². The first-order valence-electron chi connectivity index (χ1n) is 10.1. The van der Waals surface area contributed by atoms with E-state index in [-0.39, 0.29) is 11.1 Å². The Bertz CT molecular complexity index is 1610. The maximum Gasteiger partial charge on any atom is 0.266 e. The van der Waals surface area contributed by atoms with Crippen molar-refractivity contribution in [1.82, 2.24) is 18.9 Å². The van der Waals surface area contributed by atoms with Gasteiger partial charge in [-0.1, -0.05) is 36.0 Å². The van der Waals surface area contributed by atoms with Crippen LogP contribution in [-0.4, -0.2) is 18.9 Å². The molecule has 5 aromatic rings. The molecule has 0 radical (unpaired) electrons. The zero-order valence-corrected chi connectivity index (χ0v) is 19.5. The molecule has 0 amide bonds. The highest BCUT2D eigenvalue weighted by atomic mass is 32.2. The summed E-state index contributed by atoms with van der Waals surface area (Å²) in [5.41, 5.74) is 4.93. The van der Waals surface area contributed by atoms with E-state index in [0.29, 0.717) is 32.5 Å². The van der Waals surface area contributed by atoms with Gasteiger partial charge in [-0.3, -0.25) is 18.6 Å². The minimum atomic E-state index is -0.107.